The number of benzene rings is 1. The maximum Gasteiger partial charge on any atom is 0.247 e. The van der Waals surface area contributed by atoms with Crippen LogP contribution in [0.3, 0.4) is 0 Å². The highest BCUT2D eigenvalue weighted by molar-refractivity contribution is 7.85. The standard InChI is InChI=1S/C15H19N5O2S/c1-12-16-17-18-20(12)14(11-13-5-3-2-4-6-13)15(21)19-7-9-23(22)10-8-19/h2-6,14H,7-11H2,1H3. The van der Waals surface area contributed by atoms with Gasteiger partial charge in [-0.3, -0.25) is 9.00 Å². The van der Waals surface area contributed by atoms with E-state index in [-0.39, 0.29) is 5.91 Å². The fraction of sp³-hybridized carbons (Fsp3) is 0.467. The molecule has 1 fully saturated rings. The summed E-state index contributed by atoms with van der Waals surface area (Å²) in [7, 11) is -0.811. The van der Waals surface area contributed by atoms with Crippen LogP contribution in [0, 0.1) is 6.92 Å². The zero-order valence-corrected chi connectivity index (χ0v) is 13.8. The van der Waals surface area contributed by atoms with Crippen LogP contribution in [-0.2, 0) is 22.0 Å². The van der Waals surface area contributed by atoms with Gasteiger partial charge >= 0.3 is 0 Å². The number of aromatic nitrogens is 4. The summed E-state index contributed by atoms with van der Waals surface area (Å²) in [6.45, 7) is 2.84. The summed E-state index contributed by atoms with van der Waals surface area (Å²) < 4.78 is 13.1. The third-order valence-corrected chi connectivity index (χ3v) is 5.27. The Hall–Kier alpha value is -2.09. The van der Waals surface area contributed by atoms with E-state index in [1.165, 1.54) is 0 Å². The van der Waals surface area contributed by atoms with E-state index >= 15 is 0 Å². The molecule has 0 aliphatic carbocycles. The van der Waals surface area contributed by atoms with Gasteiger partial charge in [0.05, 0.1) is 0 Å². The number of hydrogen-bond donors (Lipinski definition) is 0. The van der Waals surface area contributed by atoms with E-state index in [1.807, 2.05) is 30.3 Å². The second-order valence-corrected chi connectivity index (χ2v) is 7.25. The molecule has 0 N–H and O–H groups in total. The summed E-state index contributed by atoms with van der Waals surface area (Å²) in [6, 6.07) is 9.36. The summed E-state index contributed by atoms with van der Waals surface area (Å²) >= 11 is 0. The Labute approximate surface area is 137 Å². The molecule has 1 aliphatic rings. The molecule has 2 aromatic rings. The first-order chi connectivity index (χ1) is 11.1. The number of rotatable bonds is 4. The van der Waals surface area contributed by atoms with Gasteiger partial charge in [0.15, 0.2) is 0 Å². The molecule has 1 aromatic heterocycles. The molecule has 0 saturated carbocycles. The van der Waals surface area contributed by atoms with Gasteiger partial charge in [0.2, 0.25) is 5.91 Å². The first kappa shape index (κ1) is 15.8. The molecule has 1 aromatic carbocycles. The molecule has 122 valence electrons. The van der Waals surface area contributed by atoms with Crippen LogP contribution in [0.1, 0.15) is 17.4 Å². The Balaban J connectivity index is 1.84. The van der Waals surface area contributed by atoms with Crippen LogP contribution in [0.15, 0.2) is 30.3 Å². The minimum Gasteiger partial charge on any atom is -0.339 e. The van der Waals surface area contributed by atoms with E-state index in [0.29, 0.717) is 36.8 Å². The van der Waals surface area contributed by atoms with Crippen LogP contribution in [0.4, 0.5) is 0 Å². The van der Waals surface area contributed by atoms with E-state index < -0.39 is 16.8 Å². The van der Waals surface area contributed by atoms with Crippen molar-refractivity contribution in [1.82, 2.24) is 25.1 Å². The lowest BCUT2D eigenvalue weighted by Crippen LogP contribution is -2.46. The van der Waals surface area contributed by atoms with Crippen LogP contribution < -0.4 is 0 Å². The zero-order chi connectivity index (χ0) is 16.2. The molecule has 0 bridgehead atoms. The molecule has 1 atom stereocenters. The molecule has 0 radical (unpaired) electrons. The van der Waals surface area contributed by atoms with Crippen molar-refractivity contribution >= 4 is 16.7 Å². The molecule has 1 amide bonds. The second kappa shape index (κ2) is 6.99. The molecule has 23 heavy (non-hydrogen) atoms. The molecule has 3 rings (SSSR count). The Morgan fingerprint density at radius 1 is 1.26 bits per heavy atom. The number of tetrazole rings is 1. The number of hydrogen-bond acceptors (Lipinski definition) is 5. The maximum absolute atomic E-state index is 13.0. The molecule has 1 unspecified atom stereocenters. The van der Waals surface area contributed by atoms with Gasteiger partial charge in [-0.25, -0.2) is 4.68 Å². The topological polar surface area (TPSA) is 81.0 Å². The van der Waals surface area contributed by atoms with Crippen LogP contribution in [-0.4, -0.2) is 59.8 Å². The molecule has 7 nitrogen and oxygen atoms in total. The van der Waals surface area contributed by atoms with Crippen molar-refractivity contribution in [3.05, 3.63) is 41.7 Å². The van der Waals surface area contributed by atoms with Crippen LogP contribution in [0.25, 0.3) is 0 Å². The second-order valence-electron chi connectivity index (χ2n) is 5.55. The lowest BCUT2D eigenvalue weighted by atomic mass is 10.0. The monoisotopic (exact) mass is 333 g/mol. The van der Waals surface area contributed by atoms with Gasteiger partial charge < -0.3 is 4.90 Å². The third-order valence-electron chi connectivity index (χ3n) is 4.00. The molecule has 1 saturated heterocycles. The van der Waals surface area contributed by atoms with Crippen molar-refractivity contribution in [2.75, 3.05) is 24.6 Å². The maximum atomic E-state index is 13.0. The number of aryl methyl sites for hydroxylation is 1. The molecule has 1 aliphatic heterocycles. The predicted molar refractivity (Wildman–Crippen MR) is 86.2 cm³/mol. The first-order valence-corrected chi connectivity index (χ1v) is 9.06. The number of amides is 1. The SMILES string of the molecule is Cc1nnnn1C(Cc1ccccc1)C(=O)N1CCS(=O)CC1. The Kier molecular flexibility index (Phi) is 4.80. The minimum atomic E-state index is -0.811. The number of nitrogens with zero attached hydrogens (tertiary/aromatic N) is 5. The molecule has 8 heteroatoms. The largest absolute Gasteiger partial charge is 0.339 e. The van der Waals surface area contributed by atoms with Gasteiger partial charge in [-0.05, 0) is 22.9 Å². The van der Waals surface area contributed by atoms with Crippen LogP contribution >= 0.6 is 0 Å². The Bertz CT molecular complexity index is 693. The van der Waals surface area contributed by atoms with Gasteiger partial charge in [-0.15, -0.1) is 5.10 Å². The smallest absolute Gasteiger partial charge is 0.247 e. The fourth-order valence-electron chi connectivity index (χ4n) is 2.71. The van der Waals surface area contributed by atoms with E-state index in [1.54, 1.807) is 16.5 Å². The summed E-state index contributed by atoms with van der Waals surface area (Å²) in [5.74, 6) is 1.68. The van der Waals surface area contributed by atoms with Gasteiger partial charge in [0.25, 0.3) is 0 Å². The highest BCUT2D eigenvalue weighted by atomic mass is 32.2. The van der Waals surface area contributed by atoms with E-state index in [0.717, 1.165) is 5.56 Å². The van der Waals surface area contributed by atoms with Crippen molar-refractivity contribution in [1.29, 1.82) is 0 Å². The number of carbonyl (C=O) groups is 1. The summed E-state index contributed by atoms with van der Waals surface area (Å²) in [6.07, 6.45) is 0.533. The lowest BCUT2D eigenvalue weighted by molar-refractivity contribution is -0.134. The fourth-order valence-corrected chi connectivity index (χ4v) is 3.76. The van der Waals surface area contributed by atoms with Crippen molar-refractivity contribution in [2.45, 2.75) is 19.4 Å². The Morgan fingerprint density at radius 3 is 2.57 bits per heavy atom. The third kappa shape index (κ3) is 3.64. The quantitative estimate of drug-likeness (QED) is 0.807. The highest BCUT2D eigenvalue weighted by Crippen LogP contribution is 2.18. The van der Waals surface area contributed by atoms with Crippen molar-refractivity contribution in [3.63, 3.8) is 0 Å². The highest BCUT2D eigenvalue weighted by Gasteiger charge is 2.30. The molecular formula is C15H19N5O2S. The van der Waals surface area contributed by atoms with Crippen LogP contribution in [0.5, 0.6) is 0 Å². The van der Waals surface area contributed by atoms with Gasteiger partial charge in [0.1, 0.15) is 11.9 Å². The molecular weight excluding hydrogens is 314 g/mol. The molecule has 0 spiro atoms. The zero-order valence-electron chi connectivity index (χ0n) is 13.0. The van der Waals surface area contributed by atoms with E-state index in [4.69, 9.17) is 0 Å². The average molecular weight is 333 g/mol. The predicted octanol–water partition coefficient (Wildman–Crippen LogP) is 0.356. The minimum absolute atomic E-state index is 0.0130. The molecule has 2 heterocycles. The van der Waals surface area contributed by atoms with Crippen molar-refractivity contribution < 1.29 is 9.00 Å². The number of carbonyl (C=O) groups excluding carboxylic acids is 1. The summed E-state index contributed by atoms with van der Waals surface area (Å²) in [5.41, 5.74) is 1.06. The van der Waals surface area contributed by atoms with Crippen molar-refractivity contribution in [2.24, 2.45) is 0 Å². The summed E-state index contributed by atoms with van der Waals surface area (Å²) in [4.78, 5) is 14.7. The van der Waals surface area contributed by atoms with Crippen molar-refractivity contribution in [3.8, 4) is 0 Å². The van der Waals surface area contributed by atoms with Gasteiger partial charge in [-0.1, -0.05) is 30.3 Å². The van der Waals surface area contributed by atoms with Gasteiger partial charge in [0, 0.05) is 41.8 Å². The van der Waals surface area contributed by atoms with Crippen LogP contribution in [0.2, 0.25) is 0 Å². The average Bonchev–Trinajstić information content (AvgIpc) is 2.99. The Morgan fingerprint density at radius 2 is 1.96 bits per heavy atom. The summed E-state index contributed by atoms with van der Waals surface area (Å²) in [5, 5.41) is 11.6. The lowest BCUT2D eigenvalue weighted by Gasteiger charge is -2.30. The first-order valence-electron chi connectivity index (χ1n) is 7.57. The van der Waals surface area contributed by atoms with E-state index in [9.17, 15) is 9.00 Å². The van der Waals surface area contributed by atoms with Gasteiger partial charge in [-0.2, -0.15) is 0 Å². The normalized spacial score (nSPS) is 17.2. The van der Waals surface area contributed by atoms with E-state index in [2.05, 4.69) is 15.5 Å².